The molecule has 100 valence electrons. The monoisotopic (exact) mass is 246 g/mol. The molecule has 6 heteroatoms. The summed E-state index contributed by atoms with van der Waals surface area (Å²) in [5.41, 5.74) is 0.924. The second-order valence-corrected chi connectivity index (χ2v) is 3.78. The van der Waals surface area contributed by atoms with E-state index in [1.165, 1.54) is 0 Å². The molecule has 0 spiro atoms. The standard InChI is InChI=1S/C11H22N2O4/c1-9(2)10(3)13-17-6-5-12-11(14)16-8-7-15-4/h9H,5-8H2,1-4H3,(H,12,14)/b13-10+. The topological polar surface area (TPSA) is 69.2 Å². The third-order valence-electron chi connectivity index (χ3n) is 2.03. The number of nitrogens with zero attached hydrogens (tertiary/aromatic N) is 1. The zero-order valence-electron chi connectivity index (χ0n) is 11.0. The fraction of sp³-hybridized carbons (Fsp3) is 0.818. The van der Waals surface area contributed by atoms with Crippen LogP contribution in [0.15, 0.2) is 5.16 Å². The third kappa shape index (κ3) is 9.62. The molecule has 0 aliphatic heterocycles. The van der Waals surface area contributed by atoms with Crippen LogP contribution < -0.4 is 5.32 Å². The van der Waals surface area contributed by atoms with Crippen LogP contribution in [-0.4, -0.2) is 45.3 Å². The first kappa shape index (κ1) is 15.7. The normalized spacial score (nSPS) is 11.5. The van der Waals surface area contributed by atoms with Crippen LogP contribution in [0.1, 0.15) is 20.8 Å². The highest BCUT2D eigenvalue weighted by Crippen LogP contribution is 1.96. The Kier molecular flexibility index (Phi) is 9.14. The SMILES string of the molecule is COCCOC(=O)NCCO/N=C(\C)C(C)C. The van der Waals surface area contributed by atoms with Crippen molar-refractivity contribution in [3.8, 4) is 0 Å². The Morgan fingerprint density at radius 3 is 2.59 bits per heavy atom. The first-order chi connectivity index (χ1) is 8.07. The second kappa shape index (κ2) is 9.89. The summed E-state index contributed by atoms with van der Waals surface area (Å²) >= 11 is 0. The highest BCUT2D eigenvalue weighted by molar-refractivity contribution is 5.83. The van der Waals surface area contributed by atoms with Gasteiger partial charge in [0.2, 0.25) is 0 Å². The van der Waals surface area contributed by atoms with Crippen molar-refractivity contribution in [2.75, 3.05) is 33.5 Å². The lowest BCUT2D eigenvalue weighted by Crippen LogP contribution is -2.28. The summed E-state index contributed by atoms with van der Waals surface area (Å²) in [6.45, 7) is 7.29. The van der Waals surface area contributed by atoms with Crippen molar-refractivity contribution in [1.82, 2.24) is 5.32 Å². The quantitative estimate of drug-likeness (QED) is 0.399. The first-order valence-electron chi connectivity index (χ1n) is 5.64. The summed E-state index contributed by atoms with van der Waals surface area (Å²) in [4.78, 5) is 16.1. The van der Waals surface area contributed by atoms with Crippen LogP contribution in [0.3, 0.4) is 0 Å². The Bertz CT molecular complexity index is 242. The molecule has 0 aromatic rings. The minimum Gasteiger partial charge on any atom is -0.447 e. The van der Waals surface area contributed by atoms with Crippen molar-refractivity contribution in [2.24, 2.45) is 11.1 Å². The molecule has 0 atom stereocenters. The number of rotatable bonds is 8. The number of amides is 1. The zero-order chi connectivity index (χ0) is 13.1. The van der Waals surface area contributed by atoms with Crippen LogP contribution in [0.4, 0.5) is 4.79 Å². The molecule has 0 radical (unpaired) electrons. The largest absolute Gasteiger partial charge is 0.447 e. The Hall–Kier alpha value is -1.30. The van der Waals surface area contributed by atoms with E-state index in [9.17, 15) is 4.79 Å². The lowest BCUT2D eigenvalue weighted by molar-refractivity contribution is 0.0941. The third-order valence-corrected chi connectivity index (χ3v) is 2.03. The van der Waals surface area contributed by atoms with Gasteiger partial charge in [-0.2, -0.15) is 0 Å². The van der Waals surface area contributed by atoms with Crippen molar-refractivity contribution in [3.63, 3.8) is 0 Å². The molecule has 0 saturated carbocycles. The summed E-state index contributed by atoms with van der Waals surface area (Å²) in [5, 5.41) is 6.43. The van der Waals surface area contributed by atoms with Crippen LogP contribution in [0.5, 0.6) is 0 Å². The molecule has 0 rings (SSSR count). The van der Waals surface area contributed by atoms with Gasteiger partial charge in [-0.05, 0) is 12.8 Å². The highest BCUT2D eigenvalue weighted by atomic mass is 16.6. The lowest BCUT2D eigenvalue weighted by Gasteiger charge is -2.07. The number of oxime groups is 1. The lowest BCUT2D eigenvalue weighted by atomic mass is 10.1. The Morgan fingerprint density at radius 1 is 1.29 bits per heavy atom. The van der Waals surface area contributed by atoms with Crippen molar-refractivity contribution in [1.29, 1.82) is 0 Å². The number of hydrogen-bond donors (Lipinski definition) is 1. The molecule has 6 nitrogen and oxygen atoms in total. The van der Waals surface area contributed by atoms with E-state index >= 15 is 0 Å². The van der Waals surface area contributed by atoms with Crippen LogP contribution in [0.25, 0.3) is 0 Å². The van der Waals surface area contributed by atoms with Gasteiger partial charge < -0.3 is 19.6 Å². The molecule has 0 aliphatic rings. The maximum atomic E-state index is 11.0. The molecule has 0 aliphatic carbocycles. The van der Waals surface area contributed by atoms with Gasteiger partial charge in [-0.3, -0.25) is 0 Å². The predicted octanol–water partition coefficient (Wildman–Crippen LogP) is 1.41. The highest BCUT2D eigenvalue weighted by Gasteiger charge is 2.01. The number of alkyl carbamates (subject to hydrolysis) is 1. The van der Waals surface area contributed by atoms with Gasteiger partial charge in [-0.15, -0.1) is 0 Å². The molecule has 0 fully saturated rings. The molecule has 1 N–H and O–H groups in total. The average Bonchev–Trinajstić information content (AvgIpc) is 2.28. The minimum atomic E-state index is -0.477. The Balaban J connectivity index is 3.45. The van der Waals surface area contributed by atoms with E-state index in [0.717, 1.165) is 5.71 Å². The van der Waals surface area contributed by atoms with Crippen molar-refractivity contribution in [3.05, 3.63) is 0 Å². The van der Waals surface area contributed by atoms with Crippen LogP contribution >= 0.6 is 0 Å². The number of hydrogen-bond acceptors (Lipinski definition) is 5. The number of methoxy groups -OCH3 is 1. The summed E-state index contributed by atoms with van der Waals surface area (Å²) in [5.74, 6) is 0.363. The van der Waals surface area contributed by atoms with E-state index in [-0.39, 0.29) is 6.61 Å². The fourth-order valence-corrected chi connectivity index (χ4v) is 0.720. The van der Waals surface area contributed by atoms with E-state index in [1.54, 1.807) is 7.11 Å². The molecular weight excluding hydrogens is 224 g/mol. The van der Waals surface area contributed by atoms with E-state index in [1.807, 2.05) is 20.8 Å². The van der Waals surface area contributed by atoms with Gasteiger partial charge in [0.15, 0.2) is 0 Å². The smallest absolute Gasteiger partial charge is 0.407 e. The fourth-order valence-electron chi connectivity index (χ4n) is 0.720. The van der Waals surface area contributed by atoms with Gasteiger partial charge in [-0.25, -0.2) is 4.79 Å². The number of nitrogens with one attached hydrogen (secondary N) is 1. The van der Waals surface area contributed by atoms with Gasteiger partial charge in [0.25, 0.3) is 0 Å². The van der Waals surface area contributed by atoms with E-state index in [2.05, 4.69) is 10.5 Å². The van der Waals surface area contributed by atoms with Crippen molar-refractivity contribution < 1.29 is 19.1 Å². The Morgan fingerprint density at radius 2 is 2.00 bits per heavy atom. The number of carbonyl (C=O) groups is 1. The summed E-state index contributed by atoms with van der Waals surface area (Å²) in [6.07, 6.45) is -0.477. The summed E-state index contributed by atoms with van der Waals surface area (Å²) in [6, 6.07) is 0. The van der Waals surface area contributed by atoms with E-state index < -0.39 is 6.09 Å². The molecule has 1 amide bonds. The molecule has 0 unspecified atom stereocenters. The minimum absolute atomic E-state index is 0.244. The van der Waals surface area contributed by atoms with E-state index in [0.29, 0.717) is 25.7 Å². The van der Waals surface area contributed by atoms with Crippen molar-refractivity contribution >= 4 is 11.8 Å². The zero-order valence-corrected chi connectivity index (χ0v) is 11.0. The van der Waals surface area contributed by atoms with Crippen molar-refractivity contribution in [2.45, 2.75) is 20.8 Å². The molecule has 0 aromatic heterocycles. The molecule has 0 aromatic carbocycles. The van der Waals surface area contributed by atoms with Crippen LogP contribution in [0, 0.1) is 5.92 Å². The molecule has 0 bridgehead atoms. The number of carbonyl (C=O) groups excluding carboxylic acids is 1. The maximum absolute atomic E-state index is 11.0. The van der Waals surface area contributed by atoms with Gasteiger partial charge in [0.05, 0.1) is 18.9 Å². The Labute approximate surface area is 102 Å². The maximum Gasteiger partial charge on any atom is 0.407 e. The van der Waals surface area contributed by atoms with Gasteiger partial charge in [0.1, 0.15) is 13.2 Å². The van der Waals surface area contributed by atoms with Crippen LogP contribution in [-0.2, 0) is 14.3 Å². The summed E-state index contributed by atoms with van der Waals surface area (Å²) in [7, 11) is 1.55. The predicted molar refractivity (Wildman–Crippen MR) is 65.1 cm³/mol. The van der Waals surface area contributed by atoms with Gasteiger partial charge >= 0.3 is 6.09 Å². The summed E-state index contributed by atoms with van der Waals surface area (Å²) < 4.78 is 9.52. The molecular formula is C11H22N2O4. The molecule has 0 heterocycles. The average molecular weight is 246 g/mol. The molecule has 17 heavy (non-hydrogen) atoms. The molecule has 0 saturated heterocycles. The number of ether oxygens (including phenoxy) is 2. The second-order valence-electron chi connectivity index (χ2n) is 3.78. The van der Waals surface area contributed by atoms with Crippen LogP contribution in [0.2, 0.25) is 0 Å². The first-order valence-corrected chi connectivity index (χ1v) is 5.64. The van der Waals surface area contributed by atoms with Gasteiger partial charge in [-0.1, -0.05) is 19.0 Å². The van der Waals surface area contributed by atoms with E-state index in [4.69, 9.17) is 14.3 Å². The van der Waals surface area contributed by atoms with Gasteiger partial charge in [0, 0.05) is 7.11 Å².